The molecular formula is C14H23N3O. The number of carbonyl (C=O) groups excluding carboxylic acids is 1. The molecule has 0 bridgehead atoms. The molecule has 0 spiro atoms. The fraction of sp³-hybridized carbons (Fsp3) is 0.500. The third-order valence-electron chi connectivity index (χ3n) is 2.67. The van der Waals surface area contributed by atoms with E-state index in [4.69, 9.17) is 5.73 Å². The molecule has 4 nitrogen and oxygen atoms in total. The van der Waals surface area contributed by atoms with Crippen molar-refractivity contribution in [3.63, 3.8) is 0 Å². The summed E-state index contributed by atoms with van der Waals surface area (Å²) < 4.78 is 0. The fourth-order valence-corrected chi connectivity index (χ4v) is 1.74. The highest BCUT2D eigenvalue weighted by Gasteiger charge is 2.06. The number of hydrogen-bond donors (Lipinski definition) is 2. The second-order valence-corrected chi connectivity index (χ2v) is 4.81. The van der Waals surface area contributed by atoms with E-state index in [0.29, 0.717) is 17.9 Å². The summed E-state index contributed by atoms with van der Waals surface area (Å²) >= 11 is 0. The first-order chi connectivity index (χ1) is 8.52. The number of nitrogen functional groups attached to an aromatic ring is 1. The molecular weight excluding hydrogens is 226 g/mol. The molecule has 1 amide bonds. The summed E-state index contributed by atoms with van der Waals surface area (Å²) in [6.07, 6.45) is 3.36. The van der Waals surface area contributed by atoms with Crippen molar-refractivity contribution in [2.75, 3.05) is 31.7 Å². The summed E-state index contributed by atoms with van der Waals surface area (Å²) in [7, 11) is 3.72. The highest BCUT2D eigenvalue weighted by molar-refractivity contribution is 5.95. The zero-order valence-corrected chi connectivity index (χ0v) is 11.5. The van der Waals surface area contributed by atoms with E-state index in [1.807, 2.05) is 37.2 Å². The van der Waals surface area contributed by atoms with Gasteiger partial charge >= 0.3 is 0 Å². The minimum absolute atomic E-state index is 0.0481. The van der Waals surface area contributed by atoms with Gasteiger partial charge in [-0.05, 0) is 44.6 Å². The standard InChI is InChI=1S/C14H23N3O/c1-4-5-6-11-7-8-13(12(15)9-11)16-14(18)10-17(2)3/h7-9H,4-6,10,15H2,1-3H3,(H,16,18). The van der Waals surface area contributed by atoms with E-state index in [2.05, 4.69) is 12.2 Å². The van der Waals surface area contributed by atoms with Gasteiger partial charge in [-0.3, -0.25) is 4.79 Å². The lowest BCUT2D eigenvalue weighted by atomic mass is 10.1. The van der Waals surface area contributed by atoms with Gasteiger partial charge in [0.05, 0.1) is 17.9 Å². The second-order valence-electron chi connectivity index (χ2n) is 4.81. The molecule has 0 radical (unpaired) electrons. The van der Waals surface area contributed by atoms with Crippen molar-refractivity contribution in [3.8, 4) is 0 Å². The van der Waals surface area contributed by atoms with Crippen molar-refractivity contribution in [3.05, 3.63) is 23.8 Å². The molecule has 1 aromatic carbocycles. The molecule has 0 aromatic heterocycles. The van der Waals surface area contributed by atoms with Crippen LogP contribution in [0.15, 0.2) is 18.2 Å². The lowest BCUT2D eigenvalue weighted by Gasteiger charge is -2.12. The zero-order valence-electron chi connectivity index (χ0n) is 11.5. The van der Waals surface area contributed by atoms with Gasteiger partial charge in [0, 0.05) is 0 Å². The summed E-state index contributed by atoms with van der Waals surface area (Å²) in [5, 5.41) is 2.82. The van der Waals surface area contributed by atoms with Crippen LogP contribution in [0.2, 0.25) is 0 Å². The predicted octanol–water partition coefficient (Wildman–Crippen LogP) is 2.11. The van der Waals surface area contributed by atoms with E-state index in [0.717, 1.165) is 12.8 Å². The number of rotatable bonds is 6. The monoisotopic (exact) mass is 249 g/mol. The Morgan fingerprint density at radius 2 is 2.11 bits per heavy atom. The maximum absolute atomic E-state index is 11.6. The molecule has 0 saturated heterocycles. The fourth-order valence-electron chi connectivity index (χ4n) is 1.74. The lowest BCUT2D eigenvalue weighted by Crippen LogP contribution is -2.27. The topological polar surface area (TPSA) is 58.4 Å². The van der Waals surface area contributed by atoms with Gasteiger partial charge in [0.1, 0.15) is 0 Å². The van der Waals surface area contributed by atoms with Crippen LogP contribution >= 0.6 is 0 Å². The second kappa shape index (κ2) is 7.01. The highest BCUT2D eigenvalue weighted by Crippen LogP contribution is 2.20. The van der Waals surface area contributed by atoms with Crippen LogP contribution in [0, 0.1) is 0 Å². The number of aryl methyl sites for hydroxylation is 1. The summed E-state index contributed by atoms with van der Waals surface area (Å²) in [6.45, 7) is 2.52. The molecule has 1 rings (SSSR count). The summed E-state index contributed by atoms with van der Waals surface area (Å²) in [5.41, 5.74) is 8.50. The largest absolute Gasteiger partial charge is 0.397 e. The molecule has 18 heavy (non-hydrogen) atoms. The van der Waals surface area contributed by atoms with Gasteiger partial charge in [-0.1, -0.05) is 19.4 Å². The van der Waals surface area contributed by atoms with Crippen LogP contribution in [-0.4, -0.2) is 31.4 Å². The molecule has 3 N–H and O–H groups in total. The molecule has 1 aromatic rings. The van der Waals surface area contributed by atoms with Gasteiger partial charge in [0.15, 0.2) is 0 Å². The van der Waals surface area contributed by atoms with Crippen LogP contribution in [0.3, 0.4) is 0 Å². The normalized spacial score (nSPS) is 10.7. The highest BCUT2D eigenvalue weighted by atomic mass is 16.2. The van der Waals surface area contributed by atoms with Gasteiger partial charge in [-0.15, -0.1) is 0 Å². The Morgan fingerprint density at radius 1 is 1.39 bits per heavy atom. The van der Waals surface area contributed by atoms with Crippen molar-refractivity contribution >= 4 is 17.3 Å². The Kier molecular flexibility index (Phi) is 5.65. The molecule has 0 atom stereocenters. The smallest absolute Gasteiger partial charge is 0.238 e. The summed E-state index contributed by atoms with van der Waals surface area (Å²) in [6, 6.07) is 5.85. The first-order valence-corrected chi connectivity index (χ1v) is 6.36. The van der Waals surface area contributed by atoms with Crippen molar-refractivity contribution in [1.29, 1.82) is 0 Å². The summed E-state index contributed by atoms with van der Waals surface area (Å²) in [4.78, 5) is 13.4. The number of hydrogen-bond acceptors (Lipinski definition) is 3. The van der Waals surface area contributed by atoms with Crippen molar-refractivity contribution in [2.24, 2.45) is 0 Å². The molecule has 0 aliphatic heterocycles. The predicted molar refractivity (Wildman–Crippen MR) is 76.7 cm³/mol. The maximum Gasteiger partial charge on any atom is 0.238 e. The van der Waals surface area contributed by atoms with E-state index < -0.39 is 0 Å². The zero-order chi connectivity index (χ0) is 13.5. The van der Waals surface area contributed by atoms with Gasteiger partial charge in [0.25, 0.3) is 0 Å². The third kappa shape index (κ3) is 4.75. The molecule has 0 aliphatic rings. The number of nitrogens with two attached hydrogens (primary N) is 1. The van der Waals surface area contributed by atoms with Crippen LogP contribution in [0.25, 0.3) is 0 Å². The number of amides is 1. The third-order valence-corrected chi connectivity index (χ3v) is 2.67. The molecule has 4 heteroatoms. The van der Waals surface area contributed by atoms with Crippen LogP contribution in [0.4, 0.5) is 11.4 Å². The Balaban J connectivity index is 2.64. The molecule has 0 fully saturated rings. The minimum atomic E-state index is -0.0481. The van der Waals surface area contributed by atoms with E-state index >= 15 is 0 Å². The number of nitrogens with zero attached hydrogens (tertiary/aromatic N) is 1. The molecule has 0 saturated carbocycles. The quantitative estimate of drug-likeness (QED) is 0.759. The Hall–Kier alpha value is -1.55. The first kappa shape index (κ1) is 14.5. The first-order valence-electron chi connectivity index (χ1n) is 6.36. The number of nitrogens with one attached hydrogen (secondary N) is 1. The Labute approximate surface area is 109 Å². The number of likely N-dealkylation sites (N-methyl/N-ethyl adjacent to an activating group) is 1. The Bertz CT molecular complexity index is 402. The van der Waals surface area contributed by atoms with E-state index in [1.54, 1.807) is 0 Å². The summed E-state index contributed by atoms with van der Waals surface area (Å²) in [5.74, 6) is -0.0481. The SMILES string of the molecule is CCCCc1ccc(NC(=O)CN(C)C)c(N)c1. The molecule has 0 heterocycles. The maximum atomic E-state index is 11.6. The average molecular weight is 249 g/mol. The number of carbonyl (C=O) groups is 1. The lowest BCUT2D eigenvalue weighted by molar-refractivity contribution is -0.116. The average Bonchev–Trinajstić information content (AvgIpc) is 2.28. The molecule has 100 valence electrons. The van der Waals surface area contributed by atoms with E-state index in [9.17, 15) is 4.79 Å². The van der Waals surface area contributed by atoms with Gasteiger partial charge in [-0.25, -0.2) is 0 Å². The van der Waals surface area contributed by atoms with Gasteiger partial charge < -0.3 is 16.0 Å². The molecule has 0 aliphatic carbocycles. The van der Waals surface area contributed by atoms with Crippen molar-refractivity contribution in [2.45, 2.75) is 26.2 Å². The number of benzene rings is 1. The van der Waals surface area contributed by atoms with E-state index in [1.165, 1.54) is 12.0 Å². The number of anilines is 2. The van der Waals surface area contributed by atoms with Crippen LogP contribution in [0.5, 0.6) is 0 Å². The molecule has 0 unspecified atom stereocenters. The van der Waals surface area contributed by atoms with Crippen molar-refractivity contribution < 1.29 is 4.79 Å². The van der Waals surface area contributed by atoms with Gasteiger partial charge in [0.2, 0.25) is 5.91 Å². The number of unbranched alkanes of at least 4 members (excludes halogenated alkanes) is 1. The van der Waals surface area contributed by atoms with E-state index in [-0.39, 0.29) is 5.91 Å². The van der Waals surface area contributed by atoms with Crippen LogP contribution < -0.4 is 11.1 Å². The van der Waals surface area contributed by atoms with Gasteiger partial charge in [-0.2, -0.15) is 0 Å². The van der Waals surface area contributed by atoms with Crippen LogP contribution in [0.1, 0.15) is 25.3 Å². The minimum Gasteiger partial charge on any atom is -0.397 e. The van der Waals surface area contributed by atoms with Crippen molar-refractivity contribution in [1.82, 2.24) is 4.90 Å². The Morgan fingerprint density at radius 3 is 2.67 bits per heavy atom. The van der Waals surface area contributed by atoms with Crippen LogP contribution in [-0.2, 0) is 11.2 Å².